The summed E-state index contributed by atoms with van der Waals surface area (Å²) in [4.78, 5) is 24.0. The molecule has 0 spiro atoms. The fraction of sp³-hybridized carbons (Fsp3) is 0.160. The Balaban J connectivity index is 1.44. The molecule has 2 heterocycles. The fourth-order valence-corrected chi connectivity index (χ4v) is 4.11. The number of ether oxygens (including phenoxy) is 1. The molecule has 0 aliphatic carbocycles. The second-order valence-electron chi connectivity index (χ2n) is 7.53. The van der Waals surface area contributed by atoms with Crippen molar-refractivity contribution in [2.45, 2.75) is 0 Å². The first-order valence-electron chi connectivity index (χ1n) is 10.4. The van der Waals surface area contributed by atoms with Gasteiger partial charge in [-0.1, -0.05) is 46.3 Å². The van der Waals surface area contributed by atoms with Gasteiger partial charge in [0.2, 0.25) is 5.95 Å². The highest BCUT2D eigenvalue weighted by Gasteiger charge is 2.18. The van der Waals surface area contributed by atoms with Crippen molar-refractivity contribution in [2.75, 3.05) is 31.6 Å². The number of benzene rings is 3. The van der Waals surface area contributed by atoms with E-state index < -0.39 is 0 Å². The molecule has 0 radical (unpaired) electrons. The van der Waals surface area contributed by atoms with Crippen molar-refractivity contribution in [3.05, 3.63) is 82.8 Å². The molecule has 1 aromatic heterocycles. The molecular formula is C25H21BrN4O2. The molecule has 4 aromatic rings. The minimum absolute atomic E-state index is 0.0266. The molecule has 0 unspecified atom stereocenters. The number of nitrogens with zero attached hydrogens (tertiary/aromatic N) is 3. The summed E-state index contributed by atoms with van der Waals surface area (Å²) in [6, 6.07) is 23.5. The molecule has 32 heavy (non-hydrogen) atoms. The van der Waals surface area contributed by atoms with Crippen LogP contribution in [0.4, 0.5) is 11.6 Å². The number of anilines is 2. The average Bonchev–Trinajstić information content (AvgIpc) is 2.85. The van der Waals surface area contributed by atoms with Crippen LogP contribution in [-0.4, -0.2) is 47.1 Å². The lowest BCUT2D eigenvalue weighted by Crippen LogP contribution is -2.40. The summed E-state index contributed by atoms with van der Waals surface area (Å²) in [5.41, 5.74) is 4.21. The summed E-state index contributed by atoms with van der Waals surface area (Å²) >= 11 is 3.55. The number of nitrogens with one attached hydrogen (secondary N) is 1. The molecule has 0 bridgehead atoms. The number of hydrogen-bond donors (Lipinski definition) is 1. The summed E-state index contributed by atoms with van der Waals surface area (Å²) in [5, 5.41) is 4.26. The van der Waals surface area contributed by atoms with Crippen molar-refractivity contribution in [2.24, 2.45) is 0 Å². The highest BCUT2D eigenvalue weighted by Crippen LogP contribution is 2.30. The first-order chi connectivity index (χ1) is 15.7. The number of carbonyl (C=O) groups excluding carboxylic acids is 1. The van der Waals surface area contributed by atoms with Crippen LogP contribution in [-0.2, 0) is 4.74 Å². The number of hydrogen-bond acceptors (Lipinski definition) is 5. The van der Waals surface area contributed by atoms with E-state index in [-0.39, 0.29) is 5.91 Å². The van der Waals surface area contributed by atoms with Crippen LogP contribution in [0.5, 0.6) is 0 Å². The molecule has 1 aliphatic rings. The summed E-state index contributed by atoms with van der Waals surface area (Å²) in [7, 11) is 0. The van der Waals surface area contributed by atoms with E-state index in [1.807, 2.05) is 77.7 Å². The summed E-state index contributed by atoms with van der Waals surface area (Å²) in [6.45, 7) is 2.43. The SMILES string of the molecule is O=C(c1ccc(Nc2nc(-c3ccccc3)c3cc(Br)ccc3n2)cc1)N1CCOCC1. The number of carbonyl (C=O) groups is 1. The second kappa shape index (κ2) is 9.06. The van der Waals surface area contributed by atoms with Gasteiger partial charge >= 0.3 is 0 Å². The van der Waals surface area contributed by atoms with Crippen molar-refractivity contribution in [3.63, 3.8) is 0 Å². The summed E-state index contributed by atoms with van der Waals surface area (Å²) in [5.74, 6) is 0.532. The van der Waals surface area contributed by atoms with E-state index in [1.54, 1.807) is 0 Å². The van der Waals surface area contributed by atoms with Gasteiger partial charge < -0.3 is 15.0 Å². The molecule has 1 amide bonds. The predicted molar refractivity (Wildman–Crippen MR) is 129 cm³/mol. The minimum atomic E-state index is 0.0266. The lowest BCUT2D eigenvalue weighted by Gasteiger charge is -2.26. The zero-order chi connectivity index (χ0) is 21.9. The molecule has 3 aromatic carbocycles. The standard InChI is InChI=1S/C25H21BrN4O2/c26-19-8-11-22-21(16-19)23(17-4-2-1-3-5-17)29-25(28-22)27-20-9-6-18(7-10-20)24(31)30-12-14-32-15-13-30/h1-11,16H,12-15H2,(H,27,28,29). The third-order valence-electron chi connectivity index (χ3n) is 5.39. The Hall–Kier alpha value is -3.29. The van der Waals surface area contributed by atoms with Crippen LogP contribution in [0.15, 0.2) is 77.3 Å². The van der Waals surface area contributed by atoms with Gasteiger partial charge in [0, 0.05) is 39.8 Å². The van der Waals surface area contributed by atoms with E-state index in [4.69, 9.17) is 14.7 Å². The monoisotopic (exact) mass is 488 g/mol. The Kier molecular flexibility index (Phi) is 5.83. The molecule has 1 saturated heterocycles. The number of aromatic nitrogens is 2. The predicted octanol–water partition coefficient (Wildman–Crippen LogP) is 5.28. The van der Waals surface area contributed by atoms with Crippen LogP contribution in [0.1, 0.15) is 10.4 Å². The van der Waals surface area contributed by atoms with Crippen LogP contribution < -0.4 is 5.32 Å². The van der Waals surface area contributed by atoms with Crippen LogP contribution in [0.25, 0.3) is 22.2 Å². The van der Waals surface area contributed by atoms with Crippen molar-refractivity contribution in [3.8, 4) is 11.3 Å². The number of morpholine rings is 1. The fourth-order valence-electron chi connectivity index (χ4n) is 3.75. The van der Waals surface area contributed by atoms with Gasteiger partial charge in [0.15, 0.2) is 0 Å². The van der Waals surface area contributed by atoms with Gasteiger partial charge in [-0.15, -0.1) is 0 Å². The normalized spacial score (nSPS) is 13.8. The number of rotatable bonds is 4. The van der Waals surface area contributed by atoms with Crippen LogP contribution in [0.2, 0.25) is 0 Å². The number of amides is 1. The van der Waals surface area contributed by atoms with Crippen molar-refractivity contribution in [1.82, 2.24) is 14.9 Å². The smallest absolute Gasteiger partial charge is 0.254 e. The van der Waals surface area contributed by atoms with Crippen LogP contribution in [0.3, 0.4) is 0 Å². The number of halogens is 1. The van der Waals surface area contributed by atoms with Crippen molar-refractivity contribution in [1.29, 1.82) is 0 Å². The minimum Gasteiger partial charge on any atom is -0.378 e. The quantitative estimate of drug-likeness (QED) is 0.423. The Labute approximate surface area is 194 Å². The maximum atomic E-state index is 12.7. The maximum Gasteiger partial charge on any atom is 0.254 e. The molecule has 1 fully saturated rings. The first kappa shape index (κ1) is 20.6. The van der Waals surface area contributed by atoms with Gasteiger partial charge in [-0.05, 0) is 42.5 Å². The van der Waals surface area contributed by atoms with Gasteiger partial charge in [-0.3, -0.25) is 4.79 Å². The molecule has 1 N–H and O–H groups in total. The lowest BCUT2D eigenvalue weighted by molar-refractivity contribution is 0.0303. The van der Waals surface area contributed by atoms with Gasteiger partial charge in [-0.25, -0.2) is 9.97 Å². The van der Waals surface area contributed by atoms with Crippen molar-refractivity contribution < 1.29 is 9.53 Å². The Morgan fingerprint density at radius 1 is 0.938 bits per heavy atom. The average molecular weight is 489 g/mol. The van der Waals surface area contributed by atoms with E-state index in [0.717, 1.165) is 32.3 Å². The highest BCUT2D eigenvalue weighted by atomic mass is 79.9. The van der Waals surface area contributed by atoms with E-state index in [2.05, 4.69) is 21.2 Å². The molecule has 5 rings (SSSR count). The topological polar surface area (TPSA) is 67.4 Å². The molecule has 7 heteroatoms. The molecule has 0 atom stereocenters. The van der Waals surface area contributed by atoms with E-state index in [9.17, 15) is 4.79 Å². The first-order valence-corrected chi connectivity index (χ1v) is 11.2. The largest absolute Gasteiger partial charge is 0.378 e. The molecule has 1 aliphatic heterocycles. The third-order valence-corrected chi connectivity index (χ3v) is 5.88. The highest BCUT2D eigenvalue weighted by molar-refractivity contribution is 9.10. The number of fused-ring (bicyclic) bond motifs is 1. The zero-order valence-electron chi connectivity index (χ0n) is 17.3. The maximum absolute atomic E-state index is 12.7. The summed E-state index contributed by atoms with van der Waals surface area (Å²) in [6.07, 6.45) is 0. The van der Waals surface area contributed by atoms with E-state index in [0.29, 0.717) is 37.8 Å². The lowest BCUT2D eigenvalue weighted by atomic mass is 10.1. The van der Waals surface area contributed by atoms with Gasteiger partial charge in [0.25, 0.3) is 5.91 Å². The van der Waals surface area contributed by atoms with Crippen LogP contribution >= 0.6 is 15.9 Å². The van der Waals surface area contributed by atoms with Crippen LogP contribution in [0, 0.1) is 0 Å². The summed E-state index contributed by atoms with van der Waals surface area (Å²) < 4.78 is 6.31. The van der Waals surface area contributed by atoms with Crippen molar-refractivity contribution >= 4 is 44.4 Å². The second-order valence-corrected chi connectivity index (χ2v) is 8.45. The Morgan fingerprint density at radius 2 is 1.69 bits per heavy atom. The third kappa shape index (κ3) is 4.35. The Bertz CT molecular complexity index is 1260. The van der Waals surface area contributed by atoms with E-state index >= 15 is 0 Å². The molecule has 160 valence electrons. The Morgan fingerprint density at radius 3 is 2.44 bits per heavy atom. The van der Waals surface area contributed by atoms with E-state index in [1.165, 1.54) is 0 Å². The molecule has 6 nitrogen and oxygen atoms in total. The zero-order valence-corrected chi connectivity index (χ0v) is 18.9. The molecule has 0 saturated carbocycles. The van der Waals surface area contributed by atoms with Gasteiger partial charge in [-0.2, -0.15) is 0 Å². The molecular weight excluding hydrogens is 468 g/mol. The van der Waals surface area contributed by atoms with Gasteiger partial charge in [0.1, 0.15) is 0 Å². The van der Waals surface area contributed by atoms with Gasteiger partial charge in [0.05, 0.1) is 24.4 Å².